The number of esters is 1. The molecule has 3 rings (SSSR count). The maximum Gasteiger partial charge on any atom is 0.336 e. The maximum atomic E-state index is 12.0. The second-order valence-corrected chi connectivity index (χ2v) is 9.17. The molecule has 2 aliphatic heterocycles. The van der Waals surface area contributed by atoms with Crippen LogP contribution in [0.5, 0.6) is 0 Å². The molecule has 0 aromatic rings. The van der Waals surface area contributed by atoms with Crippen LogP contribution in [0.1, 0.15) is 72.6 Å². The van der Waals surface area contributed by atoms with Crippen molar-refractivity contribution in [1.29, 1.82) is 0 Å². The van der Waals surface area contributed by atoms with Gasteiger partial charge in [0.15, 0.2) is 0 Å². The summed E-state index contributed by atoms with van der Waals surface area (Å²) in [5.74, 6) is 2.45. The van der Waals surface area contributed by atoms with Crippen molar-refractivity contribution < 1.29 is 19.1 Å². The van der Waals surface area contributed by atoms with Crippen LogP contribution in [-0.4, -0.2) is 31.1 Å². The Bertz CT molecular complexity index is 593. The summed E-state index contributed by atoms with van der Waals surface area (Å²) in [6.45, 7) is 15.9. The van der Waals surface area contributed by atoms with E-state index in [2.05, 4.69) is 34.3 Å². The van der Waals surface area contributed by atoms with Crippen LogP contribution in [-0.2, 0) is 19.1 Å². The minimum absolute atomic E-state index is 0.0766. The zero-order valence-electron chi connectivity index (χ0n) is 18.2. The van der Waals surface area contributed by atoms with Crippen LogP contribution in [0.3, 0.4) is 0 Å². The molecule has 0 bridgehead atoms. The number of rotatable bonds is 7. The first-order valence-electron chi connectivity index (χ1n) is 10.9. The Labute approximate surface area is 170 Å². The summed E-state index contributed by atoms with van der Waals surface area (Å²) in [7, 11) is 0. The minimum atomic E-state index is -0.175. The largest absolute Gasteiger partial charge is 0.458 e. The van der Waals surface area contributed by atoms with Gasteiger partial charge in [-0.2, -0.15) is 0 Å². The second-order valence-electron chi connectivity index (χ2n) is 9.17. The molecule has 0 aromatic heterocycles. The number of carbonyl (C=O) groups excluding carboxylic acids is 2. The van der Waals surface area contributed by atoms with Gasteiger partial charge in [0.25, 0.3) is 0 Å². The summed E-state index contributed by atoms with van der Waals surface area (Å²) in [4.78, 5) is 20.0. The summed E-state index contributed by atoms with van der Waals surface area (Å²) in [6.07, 6.45) is 9.80. The highest BCUT2D eigenvalue weighted by atomic mass is 16.5. The summed E-state index contributed by atoms with van der Waals surface area (Å²) < 4.78 is 11.7. The molecule has 0 aromatic carbocycles. The van der Waals surface area contributed by atoms with Crippen LogP contribution in [0.25, 0.3) is 0 Å². The lowest BCUT2D eigenvalue weighted by molar-refractivity contribution is -0.138. The molecule has 2 fully saturated rings. The van der Waals surface area contributed by atoms with E-state index in [1.807, 2.05) is 12.9 Å². The summed E-state index contributed by atoms with van der Waals surface area (Å²) in [5.41, 5.74) is 2.05. The molecule has 3 aliphatic rings. The third-order valence-corrected chi connectivity index (χ3v) is 7.10. The number of fused-ring (bicyclic) bond motifs is 1. The van der Waals surface area contributed by atoms with E-state index in [0.717, 1.165) is 37.2 Å². The van der Waals surface area contributed by atoms with Crippen LogP contribution in [0.15, 0.2) is 23.8 Å². The van der Waals surface area contributed by atoms with Crippen molar-refractivity contribution in [3.05, 3.63) is 23.8 Å². The van der Waals surface area contributed by atoms with Crippen molar-refractivity contribution in [2.75, 3.05) is 6.61 Å². The molecule has 0 amide bonds. The lowest BCUT2D eigenvalue weighted by Gasteiger charge is -2.47. The normalized spacial score (nSPS) is 34.3. The molecule has 4 nitrogen and oxygen atoms in total. The number of hydrogen-bond donors (Lipinski definition) is 0. The standard InChI is InChI=1S/C23H36O3.CH2O/c1-6-7-16(4)8-9-18-17(15(2)3)10-12-23(5)20(18)14-21(26-23)19-11-13-25-22(19)24;1-2/h11,15,17-18,20-21H,4,6-10,12-14H2,1-3,5H3;1H2. The summed E-state index contributed by atoms with van der Waals surface area (Å²) in [6, 6.07) is 0. The summed E-state index contributed by atoms with van der Waals surface area (Å²) in [5, 5.41) is 0. The van der Waals surface area contributed by atoms with Crippen molar-refractivity contribution in [2.24, 2.45) is 23.7 Å². The fourth-order valence-corrected chi connectivity index (χ4v) is 5.70. The zero-order valence-corrected chi connectivity index (χ0v) is 18.2. The van der Waals surface area contributed by atoms with Gasteiger partial charge in [0.2, 0.25) is 0 Å². The van der Waals surface area contributed by atoms with E-state index >= 15 is 0 Å². The molecule has 1 saturated heterocycles. The first-order valence-corrected chi connectivity index (χ1v) is 10.9. The fraction of sp³-hybridized carbons (Fsp3) is 0.750. The van der Waals surface area contributed by atoms with Crippen molar-refractivity contribution in [1.82, 2.24) is 0 Å². The van der Waals surface area contributed by atoms with Crippen LogP contribution in [0, 0.1) is 23.7 Å². The van der Waals surface area contributed by atoms with Crippen molar-refractivity contribution in [3.8, 4) is 0 Å². The molecule has 0 N–H and O–H groups in total. The first kappa shape index (κ1) is 22.9. The Morgan fingerprint density at radius 3 is 2.61 bits per heavy atom. The summed E-state index contributed by atoms with van der Waals surface area (Å²) >= 11 is 0. The number of ether oxygens (including phenoxy) is 2. The number of allylic oxidation sites excluding steroid dienone is 1. The van der Waals surface area contributed by atoms with E-state index in [4.69, 9.17) is 14.3 Å². The molecule has 1 saturated carbocycles. The van der Waals surface area contributed by atoms with Gasteiger partial charge < -0.3 is 14.3 Å². The van der Waals surface area contributed by atoms with Gasteiger partial charge in [-0.1, -0.05) is 39.3 Å². The van der Waals surface area contributed by atoms with Gasteiger partial charge in [-0.3, -0.25) is 0 Å². The fourth-order valence-electron chi connectivity index (χ4n) is 5.70. The molecule has 28 heavy (non-hydrogen) atoms. The predicted octanol–water partition coefficient (Wildman–Crippen LogP) is 5.27. The minimum Gasteiger partial charge on any atom is -0.458 e. The topological polar surface area (TPSA) is 52.6 Å². The third kappa shape index (κ3) is 4.76. The predicted molar refractivity (Wildman–Crippen MR) is 112 cm³/mol. The van der Waals surface area contributed by atoms with Gasteiger partial charge in [0.05, 0.1) is 17.3 Å². The van der Waals surface area contributed by atoms with Gasteiger partial charge in [0.1, 0.15) is 13.4 Å². The van der Waals surface area contributed by atoms with Gasteiger partial charge in [-0.15, -0.1) is 0 Å². The monoisotopic (exact) mass is 390 g/mol. The Kier molecular flexibility index (Phi) is 8.06. The molecule has 4 heteroatoms. The van der Waals surface area contributed by atoms with Gasteiger partial charge in [-0.25, -0.2) is 4.79 Å². The van der Waals surface area contributed by atoms with E-state index in [0.29, 0.717) is 24.4 Å². The molecule has 5 unspecified atom stereocenters. The highest BCUT2D eigenvalue weighted by Gasteiger charge is 2.54. The Balaban J connectivity index is 0.00000136. The van der Waals surface area contributed by atoms with E-state index in [1.165, 1.54) is 24.8 Å². The van der Waals surface area contributed by atoms with E-state index in [9.17, 15) is 4.79 Å². The zero-order chi connectivity index (χ0) is 20.9. The third-order valence-electron chi connectivity index (χ3n) is 7.10. The van der Waals surface area contributed by atoms with Crippen molar-refractivity contribution >= 4 is 12.8 Å². The lowest BCUT2D eigenvalue weighted by Crippen LogP contribution is -2.45. The second kappa shape index (κ2) is 9.87. The highest BCUT2D eigenvalue weighted by molar-refractivity contribution is 5.91. The maximum absolute atomic E-state index is 12.0. The number of carbonyl (C=O) groups is 2. The highest BCUT2D eigenvalue weighted by Crippen LogP contribution is 2.55. The SMILES string of the molecule is C=C(CCC)CCC1C(C(C)C)CCC2(C)OC(C3=CCOC3=O)CC12.C=O. The Morgan fingerprint density at radius 2 is 2.04 bits per heavy atom. The van der Waals surface area contributed by atoms with Gasteiger partial charge >= 0.3 is 5.97 Å². The van der Waals surface area contributed by atoms with E-state index in [-0.39, 0.29) is 17.7 Å². The van der Waals surface area contributed by atoms with E-state index < -0.39 is 0 Å². The van der Waals surface area contributed by atoms with Crippen molar-refractivity contribution in [2.45, 2.75) is 84.3 Å². The number of hydrogen-bond acceptors (Lipinski definition) is 4. The average molecular weight is 391 g/mol. The molecule has 2 heterocycles. The molecule has 5 atom stereocenters. The molecule has 0 radical (unpaired) electrons. The van der Waals surface area contributed by atoms with Crippen molar-refractivity contribution in [3.63, 3.8) is 0 Å². The van der Waals surface area contributed by atoms with Crippen LogP contribution < -0.4 is 0 Å². The molecular weight excluding hydrogens is 352 g/mol. The smallest absolute Gasteiger partial charge is 0.336 e. The molecule has 0 spiro atoms. The first-order chi connectivity index (χ1) is 13.4. The van der Waals surface area contributed by atoms with Crippen LogP contribution >= 0.6 is 0 Å². The molecule has 1 aliphatic carbocycles. The molecule has 158 valence electrons. The Hall–Kier alpha value is -1.42. The van der Waals surface area contributed by atoms with E-state index in [1.54, 1.807) is 0 Å². The van der Waals surface area contributed by atoms with Gasteiger partial charge in [-0.05, 0) is 75.2 Å². The quantitative estimate of drug-likeness (QED) is 0.439. The van der Waals surface area contributed by atoms with Gasteiger partial charge in [0, 0.05) is 0 Å². The average Bonchev–Trinajstić information content (AvgIpc) is 3.23. The van der Waals surface area contributed by atoms with Crippen LogP contribution in [0.4, 0.5) is 0 Å². The number of cyclic esters (lactones) is 1. The van der Waals surface area contributed by atoms with Crippen LogP contribution in [0.2, 0.25) is 0 Å². The molecular formula is C24H38O4. The lowest BCUT2D eigenvalue weighted by atomic mass is 9.60. The Morgan fingerprint density at radius 1 is 1.32 bits per heavy atom.